The highest BCUT2D eigenvalue weighted by molar-refractivity contribution is 8.01. The summed E-state index contributed by atoms with van der Waals surface area (Å²) in [6, 6.07) is 8.16. The number of carbonyl (C=O) groups is 2. The number of sulfonamides is 1. The highest BCUT2D eigenvalue weighted by Gasteiger charge is 2.36. The number of nitrogens with zero attached hydrogens (tertiary/aromatic N) is 1. The molecule has 2 aromatic rings. The number of thioether (sulfide) groups is 1. The number of aryl methyl sites for hydroxylation is 1. The molecule has 1 saturated heterocycles. The van der Waals surface area contributed by atoms with Crippen LogP contribution in [0.25, 0.3) is 0 Å². The first kappa shape index (κ1) is 22.6. The first-order valence-corrected chi connectivity index (χ1v) is 12.8. The lowest BCUT2D eigenvalue weighted by atomic mass is 10.2. The van der Waals surface area contributed by atoms with Crippen molar-refractivity contribution < 1.29 is 22.4 Å². The number of carbonyl (C=O) groups excluding carboxylic acids is 2. The molecule has 0 saturated carbocycles. The summed E-state index contributed by atoms with van der Waals surface area (Å²) < 4.78 is 41.4. The summed E-state index contributed by atoms with van der Waals surface area (Å²) >= 11 is 1.14. The Morgan fingerprint density at radius 1 is 1.12 bits per heavy atom. The molecule has 2 aliphatic heterocycles. The van der Waals surface area contributed by atoms with Crippen LogP contribution in [0.3, 0.4) is 0 Å². The monoisotopic (exact) mass is 477 g/mol. The van der Waals surface area contributed by atoms with Crippen LogP contribution in [0.4, 0.5) is 15.8 Å². The summed E-state index contributed by atoms with van der Waals surface area (Å²) in [5.74, 6) is -1.11. The third-order valence-electron chi connectivity index (χ3n) is 5.58. The van der Waals surface area contributed by atoms with Gasteiger partial charge in [-0.15, -0.1) is 11.8 Å². The van der Waals surface area contributed by atoms with Crippen LogP contribution in [-0.4, -0.2) is 43.5 Å². The Balaban J connectivity index is 1.53. The van der Waals surface area contributed by atoms with E-state index in [1.54, 1.807) is 17.9 Å². The third kappa shape index (κ3) is 4.75. The van der Waals surface area contributed by atoms with Crippen LogP contribution in [0.1, 0.15) is 31.2 Å². The van der Waals surface area contributed by atoms with Crippen LogP contribution < -0.4 is 10.0 Å². The Labute approximate surface area is 190 Å². The second-order valence-electron chi connectivity index (χ2n) is 7.95. The molecule has 0 bridgehead atoms. The van der Waals surface area contributed by atoms with E-state index in [1.807, 2.05) is 0 Å². The summed E-state index contributed by atoms with van der Waals surface area (Å²) in [5.41, 5.74) is 1.06. The van der Waals surface area contributed by atoms with E-state index in [9.17, 15) is 22.4 Å². The smallest absolute Gasteiger partial charge is 0.261 e. The van der Waals surface area contributed by atoms with Gasteiger partial charge in [0.15, 0.2) is 5.25 Å². The van der Waals surface area contributed by atoms with E-state index >= 15 is 0 Å². The molecule has 2 aromatic carbocycles. The topological polar surface area (TPSA) is 95.6 Å². The summed E-state index contributed by atoms with van der Waals surface area (Å²) in [6.07, 6.45) is 4.03. The summed E-state index contributed by atoms with van der Waals surface area (Å²) in [4.78, 5) is 27.9. The SMILES string of the molecule is Cc1cc(F)ccc1NS(=O)(=O)c1ccc2c(c1)NC(=O)[C@@H](C(=O)N1CCCCCC1)S2. The second kappa shape index (κ2) is 9.11. The minimum Gasteiger partial charge on any atom is -0.341 e. The molecule has 0 radical (unpaired) electrons. The molecule has 0 aliphatic carbocycles. The molecule has 170 valence electrons. The Morgan fingerprint density at radius 3 is 2.53 bits per heavy atom. The lowest BCUT2D eigenvalue weighted by Gasteiger charge is -2.28. The van der Waals surface area contributed by atoms with Gasteiger partial charge in [0.25, 0.3) is 10.0 Å². The maximum Gasteiger partial charge on any atom is 0.261 e. The largest absolute Gasteiger partial charge is 0.341 e. The number of fused-ring (bicyclic) bond motifs is 1. The van der Waals surface area contributed by atoms with Gasteiger partial charge in [0.2, 0.25) is 11.8 Å². The van der Waals surface area contributed by atoms with Gasteiger partial charge < -0.3 is 10.2 Å². The van der Waals surface area contributed by atoms with Crippen molar-refractivity contribution in [2.45, 2.75) is 47.6 Å². The predicted octanol–water partition coefficient (Wildman–Crippen LogP) is 3.75. The van der Waals surface area contributed by atoms with Gasteiger partial charge in [0, 0.05) is 18.0 Å². The quantitative estimate of drug-likeness (QED) is 0.654. The van der Waals surface area contributed by atoms with Gasteiger partial charge in [-0.2, -0.15) is 0 Å². The molecule has 0 aromatic heterocycles. The van der Waals surface area contributed by atoms with Gasteiger partial charge in [-0.25, -0.2) is 12.8 Å². The zero-order valence-corrected chi connectivity index (χ0v) is 19.2. The Kier molecular flexibility index (Phi) is 6.43. The fourth-order valence-electron chi connectivity index (χ4n) is 3.82. The van der Waals surface area contributed by atoms with Crippen LogP contribution in [0.15, 0.2) is 46.2 Å². The molecule has 2 heterocycles. The van der Waals surface area contributed by atoms with Crippen LogP contribution in [0, 0.1) is 12.7 Å². The Hall–Kier alpha value is -2.59. The fraction of sp³-hybridized carbons (Fsp3) is 0.364. The minimum atomic E-state index is -3.96. The lowest BCUT2D eigenvalue weighted by molar-refractivity contribution is -0.133. The number of nitrogens with one attached hydrogen (secondary N) is 2. The molecule has 2 aliphatic rings. The van der Waals surface area contributed by atoms with Crippen molar-refractivity contribution in [2.24, 2.45) is 0 Å². The van der Waals surface area contributed by atoms with Crippen molar-refractivity contribution in [1.82, 2.24) is 4.90 Å². The number of halogens is 1. The molecule has 7 nitrogen and oxygen atoms in total. The van der Waals surface area contributed by atoms with Gasteiger partial charge in [-0.05, 0) is 61.7 Å². The van der Waals surface area contributed by atoms with E-state index in [4.69, 9.17) is 0 Å². The standard InChI is InChI=1S/C22H24FN3O4S2/c1-14-12-15(23)6-8-17(14)25-32(29,30)16-7-9-19-18(13-16)24-21(27)20(31-19)22(28)26-10-4-2-3-5-11-26/h6-9,12-13,20,25H,2-5,10-11H2,1H3,(H,24,27)/t20-/m0/s1. The van der Waals surface area contributed by atoms with Crippen molar-refractivity contribution >= 4 is 45.0 Å². The molecule has 0 spiro atoms. The normalized spacial score (nSPS) is 19.0. The number of benzene rings is 2. The molecule has 1 fully saturated rings. The fourth-order valence-corrected chi connectivity index (χ4v) is 6.03. The van der Waals surface area contributed by atoms with Gasteiger partial charge >= 0.3 is 0 Å². The van der Waals surface area contributed by atoms with Crippen molar-refractivity contribution in [3.05, 3.63) is 47.8 Å². The number of anilines is 2. The van der Waals surface area contributed by atoms with E-state index in [2.05, 4.69) is 10.0 Å². The summed E-state index contributed by atoms with van der Waals surface area (Å²) in [5, 5.41) is 1.81. The summed E-state index contributed by atoms with van der Waals surface area (Å²) in [6.45, 7) is 2.91. The average molecular weight is 478 g/mol. The molecular weight excluding hydrogens is 453 g/mol. The molecule has 32 heavy (non-hydrogen) atoms. The van der Waals surface area contributed by atoms with E-state index in [-0.39, 0.29) is 16.5 Å². The lowest BCUT2D eigenvalue weighted by Crippen LogP contribution is -2.45. The zero-order chi connectivity index (χ0) is 22.9. The molecule has 2 N–H and O–H groups in total. The molecule has 2 amide bonds. The first-order valence-electron chi connectivity index (χ1n) is 10.4. The number of likely N-dealkylation sites (tertiary alicyclic amines) is 1. The van der Waals surface area contributed by atoms with Gasteiger partial charge in [0.05, 0.1) is 16.3 Å². The van der Waals surface area contributed by atoms with Crippen molar-refractivity contribution in [3.8, 4) is 0 Å². The second-order valence-corrected chi connectivity index (χ2v) is 10.8. The average Bonchev–Trinajstić information content (AvgIpc) is 3.04. The Morgan fingerprint density at radius 2 is 1.84 bits per heavy atom. The third-order valence-corrected chi connectivity index (χ3v) is 8.20. The predicted molar refractivity (Wildman–Crippen MR) is 122 cm³/mol. The molecule has 0 unspecified atom stereocenters. The summed E-state index contributed by atoms with van der Waals surface area (Å²) in [7, 11) is -3.96. The zero-order valence-electron chi connectivity index (χ0n) is 17.6. The van der Waals surface area contributed by atoms with Crippen LogP contribution >= 0.6 is 11.8 Å². The maximum absolute atomic E-state index is 13.3. The van der Waals surface area contributed by atoms with Crippen LogP contribution in [0.2, 0.25) is 0 Å². The van der Waals surface area contributed by atoms with E-state index in [1.165, 1.54) is 30.3 Å². The van der Waals surface area contributed by atoms with Crippen molar-refractivity contribution in [2.75, 3.05) is 23.1 Å². The maximum atomic E-state index is 13.3. The highest BCUT2D eigenvalue weighted by atomic mass is 32.2. The van der Waals surface area contributed by atoms with Gasteiger partial charge in [-0.1, -0.05) is 12.8 Å². The van der Waals surface area contributed by atoms with E-state index in [0.717, 1.165) is 37.4 Å². The minimum absolute atomic E-state index is 0.0434. The molecular formula is C22H24FN3O4S2. The number of hydrogen-bond donors (Lipinski definition) is 2. The Bertz CT molecular complexity index is 1160. The van der Waals surface area contributed by atoms with Crippen LogP contribution in [-0.2, 0) is 19.6 Å². The highest BCUT2D eigenvalue weighted by Crippen LogP contribution is 2.38. The van der Waals surface area contributed by atoms with E-state index < -0.39 is 27.0 Å². The molecule has 4 rings (SSSR count). The first-order chi connectivity index (χ1) is 15.2. The molecule has 10 heteroatoms. The van der Waals surface area contributed by atoms with Crippen molar-refractivity contribution in [3.63, 3.8) is 0 Å². The van der Waals surface area contributed by atoms with Gasteiger partial charge in [0.1, 0.15) is 5.82 Å². The molecule has 1 atom stereocenters. The van der Waals surface area contributed by atoms with Gasteiger partial charge in [-0.3, -0.25) is 14.3 Å². The van der Waals surface area contributed by atoms with Crippen LogP contribution in [0.5, 0.6) is 0 Å². The van der Waals surface area contributed by atoms with E-state index in [0.29, 0.717) is 29.2 Å². The number of rotatable bonds is 4. The number of amides is 2. The van der Waals surface area contributed by atoms with Crippen molar-refractivity contribution in [1.29, 1.82) is 0 Å². The number of hydrogen-bond acceptors (Lipinski definition) is 5.